The van der Waals surface area contributed by atoms with Crippen molar-refractivity contribution in [2.75, 3.05) is 45.9 Å². The molecule has 122 valence electrons. The second-order valence-corrected chi connectivity index (χ2v) is 5.75. The molecule has 1 saturated heterocycles. The number of aliphatic hydroxyl groups excluding tert-OH is 1. The van der Waals surface area contributed by atoms with Gasteiger partial charge in [0.05, 0.1) is 5.56 Å². The summed E-state index contributed by atoms with van der Waals surface area (Å²) in [6.45, 7) is 9.66. The Morgan fingerprint density at radius 2 is 1.86 bits per heavy atom. The van der Waals surface area contributed by atoms with Crippen LogP contribution >= 0.6 is 0 Å². The number of carbonyl (C=O) groups excluding carboxylic acids is 1. The summed E-state index contributed by atoms with van der Waals surface area (Å²) in [5.74, 6) is 0.519. The summed E-state index contributed by atoms with van der Waals surface area (Å²) in [7, 11) is 0. The minimum absolute atomic E-state index is 0.0271. The molecule has 1 aliphatic heterocycles. The predicted molar refractivity (Wildman–Crippen MR) is 86.5 cm³/mol. The zero-order valence-electron chi connectivity index (χ0n) is 13.5. The number of rotatable bonds is 7. The fourth-order valence-electron chi connectivity index (χ4n) is 2.71. The number of ether oxygens (including phenoxy) is 1. The van der Waals surface area contributed by atoms with Crippen molar-refractivity contribution in [3.8, 4) is 5.75 Å². The average molecular weight is 306 g/mol. The van der Waals surface area contributed by atoms with Gasteiger partial charge in [0.2, 0.25) is 0 Å². The lowest BCUT2D eigenvalue weighted by Crippen LogP contribution is -2.49. The van der Waals surface area contributed by atoms with E-state index in [0.717, 1.165) is 32.7 Å². The Hall–Kier alpha value is -1.43. The highest BCUT2D eigenvalue weighted by Gasteiger charge is 2.19. The van der Waals surface area contributed by atoms with Crippen molar-refractivity contribution in [3.63, 3.8) is 0 Å². The van der Waals surface area contributed by atoms with E-state index < -0.39 is 6.10 Å². The number of hydrogen-bond acceptors (Lipinski definition) is 5. The van der Waals surface area contributed by atoms with E-state index in [9.17, 15) is 9.90 Å². The molecule has 0 spiro atoms. The van der Waals surface area contributed by atoms with E-state index in [-0.39, 0.29) is 12.4 Å². The second-order valence-electron chi connectivity index (χ2n) is 5.75. The topological polar surface area (TPSA) is 53.0 Å². The van der Waals surface area contributed by atoms with Gasteiger partial charge < -0.3 is 14.7 Å². The maximum Gasteiger partial charge on any atom is 0.163 e. The Bertz CT molecular complexity index is 485. The van der Waals surface area contributed by atoms with Gasteiger partial charge in [0, 0.05) is 32.7 Å². The molecule has 1 aliphatic rings. The lowest BCUT2D eigenvalue weighted by atomic mass is 10.1. The fourth-order valence-corrected chi connectivity index (χ4v) is 2.71. The van der Waals surface area contributed by atoms with Gasteiger partial charge in [-0.05, 0) is 25.6 Å². The minimum atomic E-state index is -0.548. The number of para-hydroxylation sites is 1. The van der Waals surface area contributed by atoms with Crippen molar-refractivity contribution >= 4 is 5.78 Å². The van der Waals surface area contributed by atoms with E-state index in [1.54, 1.807) is 12.1 Å². The Kier molecular flexibility index (Phi) is 6.36. The lowest BCUT2D eigenvalue weighted by molar-refractivity contribution is 0.0468. The zero-order valence-corrected chi connectivity index (χ0v) is 13.5. The van der Waals surface area contributed by atoms with Gasteiger partial charge in [0.1, 0.15) is 18.5 Å². The van der Waals surface area contributed by atoms with Crippen LogP contribution in [0.4, 0.5) is 0 Å². The smallest absolute Gasteiger partial charge is 0.163 e. The van der Waals surface area contributed by atoms with Crippen LogP contribution in [-0.4, -0.2) is 72.7 Å². The molecule has 0 bridgehead atoms. The number of nitrogens with zero attached hydrogens (tertiary/aromatic N) is 2. The van der Waals surface area contributed by atoms with Gasteiger partial charge in [-0.3, -0.25) is 9.69 Å². The quantitative estimate of drug-likeness (QED) is 0.769. The molecule has 0 aromatic heterocycles. The first-order valence-electron chi connectivity index (χ1n) is 7.95. The molecule has 22 heavy (non-hydrogen) atoms. The third-order valence-corrected chi connectivity index (χ3v) is 4.08. The monoisotopic (exact) mass is 306 g/mol. The largest absolute Gasteiger partial charge is 0.490 e. The summed E-state index contributed by atoms with van der Waals surface area (Å²) in [4.78, 5) is 16.2. The Balaban J connectivity index is 1.79. The number of ketones is 1. The van der Waals surface area contributed by atoms with Crippen LogP contribution in [0.5, 0.6) is 5.75 Å². The molecule has 0 aliphatic carbocycles. The van der Waals surface area contributed by atoms with Crippen molar-refractivity contribution in [1.82, 2.24) is 9.80 Å². The van der Waals surface area contributed by atoms with Gasteiger partial charge in [-0.1, -0.05) is 19.1 Å². The first kappa shape index (κ1) is 16.9. The maximum atomic E-state index is 11.5. The number of carbonyl (C=O) groups is 1. The van der Waals surface area contributed by atoms with Crippen LogP contribution in [0.15, 0.2) is 24.3 Å². The molecule has 5 heteroatoms. The van der Waals surface area contributed by atoms with Crippen LogP contribution < -0.4 is 4.74 Å². The van der Waals surface area contributed by atoms with Crippen LogP contribution in [-0.2, 0) is 0 Å². The van der Waals surface area contributed by atoms with E-state index in [1.807, 2.05) is 12.1 Å². The SMILES string of the molecule is CCN1CCN(C[C@H](O)COc2ccccc2C(C)=O)CC1. The fraction of sp³-hybridized carbons (Fsp3) is 0.588. The Labute approximate surface area is 132 Å². The highest BCUT2D eigenvalue weighted by Crippen LogP contribution is 2.18. The second kappa shape index (κ2) is 8.27. The van der Waals surface area contributed by atoms with Crippen LogP contribution in [0.25, 0.3) is 0 Å². The number of piperazine rings is 1. The highest BCUT2D eigenvalue weighted by molar-refractivity contribution is 5.96. The first-order chi connectivity index (χ1) is 10.6. The molecule has 1 heterocycles. The van der Waals surface area contributed by atoms with E-state index in [0.29, 0.717) is 17.9 Å². The van der Waals surface area contributed by atoms with Gasteiger partial charge >= 0.3 is 0 Å². The van der Waals surface area contributed by atoms with Crippen molar-refractivity contribution in [2.24, 2.45) is 0 Å². The molecule has 5 nitrogen and oxygen atoms in total. The van der Waals surface area contributed by atoms with Gasteiger partial charge in [0.15, 0.2) is 5.78 Å². The summed E-state index contributed by atoms with van der Waals surface area (Å²) in [6, 6.07) is 7.16. The molecular formula is C17H26N2O3. The first-order valence-corrected chi connectivity index (χ1v) is 7.95. The lowest BCUT2D eigenvalue weighted by Gasteiger charge is -2.34. The number of hydrogen-bond donors (Lipinski definition) is 1. The third kappa shape index (κ3) is 4.80. The average Bonchev–Trinajstić information content (AvgIpc) is 2.54. The van der Waals surface area contributed by atoms with Crippen LogP contribution in [0.2, 0.25) is 0 Å². The third-order valence-electron chi connectivity index (χ3n) is 4.08. The standard InChI is InChI=1S/C17H26N2O3/c1-3-18-8-10-19(11-9-18)12-15(21)13-22-17-7-5-4-6-16(17)14(2)20/h4-7,15,21H,3,8-13H2,1-2H3/t15-/m0/s1. The van der Waals surface area contributed by atoms with Crippen LogP contribution in [0, 0.1) is 0 Å². The van der Waals surface area contributed by atoms with E-state index in [4.69, 9.17) is 4.74 Å². The van der Waals surface area contributed by atoms with Crippen molar-refractivity contribution in [1.29, 1.82) is 0 Å². The summed E-state index contributed by atoms with van der Waals surface area (Å²) in [6.07, 6.45) is -0.548. The Morgan fingerprint density at radius 1 is 1.23 bits per heavy atom. The number of benzene rings is 1. The molecule has 1 atom stereocenters. The van der Waals surface area contributed by atoms with Crippen molar-refractivity contribution in [3.05, 3.63) is 29.8 Å². The molecule has 1 N–H and O–H groups in total. The van der Waals surface area contributed by atoms with E-state index in [2.05, 4.69) is 16.7 Å². The molecule has 0 amide bonds. The summed E-state index contributed by atoms with van der Waals surface area (Å²) >= 11 is 0. The van der Waals surface area contributed by atoms with E-state index >= 15 is 0 Å². The molecule has 1 fully saturated rings. The van der Waals surface area contributed by atoms with E-state index in [1.165, 1.54) is 6.92 Å². The summed E-state index contributed by atoms with van der Waals surface area (Å²) in [5.41, 5.74) is 0.561. The normalized spacial score (nSPS) is 18.1. The molecule has 2 rings (SSSR count). The molecule has 1 aromatic rings. The molecule has 0 unspecified atom stereocenters. The number of Topliss-reactive ketones (excluding diaryl/α,β-unsaturated/α-hetero) is 1. The van der Waals surface area contributed by atoms with Crippen molar-refractivity contribution in [2.45, 2.75) is 20.0 Å². The van der Waals surface area contributed by atoms with Gasteiger partial charge in [-0.25, -0.2) is 0 Å². The van der Waals surface area contributed by atoms with Crippen LogP contribution in [0.1, 0.15) is 24.2 Å². The predicted octanol–water partition coefficient (Wildman–Crippen LogP) is 1.27. The minimum Gasteiger partial charge on any atom is -0.490 e. The summed E-state index contributed by atoms with van der Waals surface area (Å²) < 4.78 is 5.64. The number of β-amino-alcohol motifs (C(OH)–C–C–N with tert-alkyl or cyclic N) is 1. The van der Waals surface area contributed by atoms with Crippen molar-refractivity contribution < 1.29 is 14.6 Å². The maximum absolute atomic E-state index is 11.5. The van der Waals surface area contributed by atoms with Gasteiger partial charge in [-0.15, -0.1) is 0 Å². The van der Waals surface area contributed by atoms with Crippen LogP contribution in [0.3, 0.4) is 0 Å². The summed E-state index contributed by atoms with van der Waals surface area (Å²) in [5, 5.41) is 10.2. The Morgan fingerprint density at radius 3 is 2.50 bits per heavy atom. The highest BCUT2D eigenvalue weighted by atomic mass is 16.5. The number of likely N-dealkylation sites (N-methyl/N-ethyl adjacent to an activating group) is 1. The molecule has 1 aromatic carbocycles. The molecular weight excluding hydrogens is 280 g/mol. The van der Waals surface area contributed by atoms with Gasteiger partial charge in [-0.2, -0.15) is 0 Å². The zero-order chi connectivity index (χ0) is 15.9. The number of aliphatic hydroxyl groups is 1. The molecule has 0 saturated carbocycles. The molecule has 0 radical (unpaired) electrons. The van der Waals surface area contributed by atoms with Gasteiger partial charge in [0.25, 0.3) is 0 Å².